The highest BCUT2D eigenvalue weighted by molar-refractivity contribution is 7.89. The Balaban J connectivity index is 3.27. The lowest BCUT2D eigenvalue weighted by atomic mass is 10.3. The normalized spacial score (nSPS) is 11.1. The predicted octanol–water partition coefficient (Wildman–Crippen LogP) is -0.210. The van der Waals surface area contributed by atoms with Gasteiger partial charge in [0.2, 0.25) is 15.9 Å². The average molecular weight is 302 g/mol. The minimum Gasteiger partial charge on any atom is -0.385 e. The molecule has 1 rings (SSSR count). The number of nitrogens with zero attached hydrogens (tertiary/aromatic N) is 1. The van der Waals surface area contributed by atoms with E-state index in [-0.39, 0.29) is 0 Å². The van der Waals surface area contributed by atoms with E-state index in [9.17, 15) is 23.3 Å². The second-order valence-electron chi connectivity index (χ2n) is 3.76. The number of hydrogen-bond acceptors (Lipinski definition) is 6. The largest absolute Gasteiger partial charge is 0.385 e. The van der Waals surface area contributed by atoms with Crippen LogP contribution in [-0.2, 0) is 14.8 Å². The van der Waals surface area contributed by atoms with Crippen LogP contribution < -0.4 is 15.8 Å². The van der Waals surface area contributed by atoms with E-state index in [1.165, 1.54) is 6.07 Å². The maximum Gasteiger partial charge on any atom is 0.289 e. The molecule has 1 aromatic carbocycles. The Morgan fingerprint density at radius 2 is 2.10 bits per heavy atom. The van der Waals surface area contributed by atoms with Gasteiger partial charge in [0.25, 0.3) is 5.69 Å². The van der Waals surface area contributed by atoms with Gasteiger partial charge in [0.1, 0.15) is 0 Å². The van der Waals surface area contributed by atoms with E-state index in [0.717, 1.165) is 12.1 Å². The highest BCUT2D eigenvalue weighted by Gasteiger charge is 2.26. The molecule has 0 fully saturated rings. The standard InChI is InChI=1S/C10H14N4O5S/c1-2-12-7-3-4-8(14(16)17)9(5-7)20(18,19)13-6-10(11)15/h3-5,12-13H,2,6H2,1H3,(H2,11,15). The number of nitrogens with two attached hydrogens (primary N) is 1. The smallest absolute Gasteiger partial charge is 0.289 e. The van der Waals surface area contributed by atoms with E-state index >= 15 is 0 Å². The summed E-state index contributed by atoms with van der Waals surface area (Å²) in [4.78, 5) is 20.2. The van der Waals surface area contributed by atoms with Gasteiger partial charge in [0.15, 0.2) is 4.90 Å². The van der Waals surface area contributed by atoms with E-state index in [1.54, 1.807) is 6.92 Å². The highest BCUT2D eigenvalue weighted by atomic mass is 32.2. The number of benzene rings is 1. The molecule has 1 amide bonds. The number of anilines is 1. The van der Waals surface area contributed by atoms with Crippen LogP contribution in [0.4, 0.5) is 11.4 Å². The maximum atomic E-state index is 12.0. The van der Waals surface area contributed by atoms with Crippen molar-refractivity contribution in [3.8, 4) is 0 Å². The van der Waals surface area contributed by atoms with Gasteiger partial charge in [-0.05, 0) is 19.1 Å². The Hall–Kier alpha value is -2.20. The molecule has 0 spiro atoms. The lowest BCUT2D eigenvalue weighted by molar-refractivity contribution is -0.387. The van der Waals surface area contributed by atoms with Crippen molar-refractivity contribution in [1.82, 2.24) is 4.72 Å². The van der Waals surface area contributed by atoms with Gasteiger partial charge in [-0.2, -0.15) is 0 Å². The Bertz CT molecular complexity index is 629. The van der Waals surface area contributed by atoms with Crippen LogP contribution >= 0.6 is 0 Å². The van der Waals surface area contributed by atoms with E-state index in [4.69, 9.17) is 5.73 Å². The van der Waals surface area contributed by atoms with E-state index in [1.807, 2.05) is 4.72 Å². The molecule has 0 heterocycles. The molecule has 0 atom stereocenters. The fourth-order valence-electron chi connectivity index (χ4n) is 1.44. The summed E-state index contributed by atoms with van der Waals surface area (Å²) < 4.78 is 25.8. The zero-order valence-corrected chi connectivity index (χ0v) is 11.4. The molecule has 110 valence electrons. The van der Waals surface area contributed by atoms with Crippen LogP contribution in [0.5, 0.6) is 0 Å². The molecule has 0 aliphatic rings. The summed E-state index contributed by atoms with van der Waals surface area (Å²) in [7, 11) is -4.20. The molecular formula is C10H14N4O5S. The molecule has 10 heteroatoms. The number of hydrogen-bond donors (Lipinski definition) is 3. The number of carbonyl (C=O) groups is 1. The summed E-state index contributed by atoms with van der Waals surface area (Å²) in [6, 6.07) is 3.61. The monoisotopic (exact) mass is 302 g/mol. The lowest BCUT2D eigenvalue weighted by Gasteiger charge is -2.09. The first-order valence-corrected chi connectivity index (χ1v) is 7.06. The molecule has 0 aliphatic carbocycles. The summed E-state index contributed by atoms with van der Waals surface area (Å²) in [5.41, 5.74) is 4.68. The third kappa shape index (κ3) is 3.90. The quantitative estimate of drug-likeness (QED) is 0.469. The van der Waals surface area contributed by atoms with Gasteiger partial charge in [0.05, 0.1) is 11.5 Å². The molecule has 0 aliphatic heterocycles. The summed E-state index contributed by atoms with van der Waals surface area (Å²) >= 11 is 0. The van der Waals surface area contributed by atoms with Crippen molar-refractivity contribution in [3.63, 3.8) is 0 Å². The Kier molecular flexibility index (Phi) is 5.00. The third-order valence-corrected chi connectivity index (χ3v) is 3.69. The van der Waals surface area contributed by atoms with Gasteiger partial charge >= 0.3 is 0 Å². The molecule has 4 N–H and O–H groups in total. The predicted molar refractivity (Wildman–Crippen MR) is 71.6 cm³/mol. The Morgan fingerprint density at radius 3 is 2.60 bits per heavy atom. The van der Waals surface area contributed by atoms with Crippen molar-refractivity contribution < 1.29 is 18.1 Å². The van der Waals surface area contributed by atoms with Gasteiger partial charge in [0, 0.05) is 18.3 Å². The first kappa shape index (κ1) is 15.9. The zero-order valence-electron chi connectivity index (χ0n) is 10.6. The van der Waals surface area contributed by atoms with Crippen molar-refractivity contribution in [1.29, 1.82) is 0 Å². The number of rotatable bonds is 7. The highest BCUT2D eigenvalue weighted by Crippen LogP contribution is 2.26. The number of carbonyl (C=O) groups excluding carboxylic acids is 1. The van der Waals surface area contributed by atoms with E-state index in [0.29, 0.717) is 12.2 Å². The molecule has 20 heavy (non-hydrogen) atoms. The van der Waals surface area contributed by atoms with Gasteiger partial charge < -0.3 is 11.1 Å². The molecule has 0 saturated heterocycles. The van der Waals surface area contributed by atoms with Crippen LogP contribution in [0.2, 0.25) is 0 Å². The van der Waals surface area contributed by atoms with Crippen LogP contribution in [-0.4, -0.2) is 32.3 Å². The zero-order chi connectivity index (χ0) is 15.3. The number of nitrogens with one attached hydrogen (secondary N) is 2. The summed E-state index contributed by atoms with van der Waals surface area (Å²) in [6.07, 6.45) is 0. The second-order valence-corrected chi connectivity index (χ2v) is 5.50. The summed E-state index contributed by atoms with van der Waals surface area (Å²) in [6.45, 7) is 1.68. The van der Waals surface area contributed by atoms with Gasteiger partial charge in [-0.3, -0.25) is 14.9 Å². The van der Waals surface area contributed by atoms with Crippen molar-refractivity contribution in [2.24, 2.45) is 5.73 Å². The van der Waals surface area contributed by atoms with Crippen LogP contribution in [0.25, 0.3) is 0 Å². The SMILES string of the molecule is CCNc1ccc([N+](=O)[O-])c(S(=O)(=O)NCC(N)=O)c1. The minimum absolute atomic E-state index is 0.414. The van der Waals surface area contributed by atoms with E-state index < -0.39 is 38.0 Å². The molecular weight excluding hydrogens is 288 g/mol. The molecule has 1 aromatic rings. The Morgan fingerprint density at radius 1 is 1.45 bits per heavy atom. The second kappa shape index (κ2) is 6.30. The molecule has 0 radical (unpaired) electrons. The molecule has 0 saturated carbocycles. The number of amides is 1. The van der Waals surface area contributed by atoms with Crippen molar-refractivity contribution in [2.45, 2.75) is 11.8 Å². The number of sulfonamides is 1. The molecule has 9 nitrogen and oxygen atoms in total. The average Bonchev–Trinajstić information content (AvgIpc) is 2.36. The molecule has 0 aromatic heterocycles. The summed E-state index contributed by atoms with van der Waals surface area (Å²) in [5.74, 6) is -0.890. The van der Waals surface area contributed by atoms with Crippen LogP contribution in [0.3, 0.4) is 0 Å². The number of nitro benzene ring substituents is 1. The van der Waals surface area contributed by atoms with Crippen LogP contribution in [0, 0.1) is 10.1 Å². The number of nitro groups is 1. The molecule has 0 unspecified atom stereocenters. The minimum atomic E-state index is -4.20. The van der Waals surface area contributed by atoms with E-state index in [2.05, 4.69) is 5.32 Å². The fourth-order valence-corrected chi connectivity index (χ4v) is 2.63. The van der Waals surface area contributed by atoms with Gasteiger partial charge in [-0.15, -0.1) is 0 Å². The topological polar surface area (TPSA) is 144 Å². The van der Waals surface area contributed by atoms with Crippen molar-refractivity contribution in [3.05, 3.63) is 28.3 Å². The van der Waals surface area contributed by atoms with Crippen molar-refractivity contribution in [2.75, 3.05) is 18.4 Å². The van der Waals surface area contributed by atoms with Crippen LogP contribution in [0.15, 0.2) is 23.1 Å². The first-order valence-electron chi connectivity index (χ1n) is 5.58. The lowest BCUT2D eigenvalue weighted by Crippen LogP contribution is -2.33. The van der Waals surface area contributed by atoms with Gasteiger partial charge in [-0.25, -0.2) is 13.1 Å². The summed E-state index contributed by atoms with van der Waals surface area (Å²) in [5, 5.41) is 13.7. The fraction of sp³-hybridized carbons (Fsp3) is 0.300. The first-order chi connectivity index (χ1) is 9.27. The van der Waals surface area contributed by atoms with Gasteiger partial charge in [-0.1, -0.05) is 0 Å². The maximum absolute atomic E-state index is 12.0. The Labute approximate surface area is 115 Å². The van der Waals surface area contributed by atoms with Crippen molar-refractivity contribution >= 4 is 27.3 Å². The third-order valence-electron chi connectivity index (χ3n) is 2.26. The molecule has 0 bridgehead atoms. The number of primary amides is 1. The van der Waals surface area contributed by atoms with Crippen LogP contribution in [0.1, 0.15) is 6.92 Å².